The number of hydrogen-bond donors (Lipinski definition) is 1. The van der Waals surface area contributed by atoms with Gasteiger partial charge in [0.1, 0.15) is 0 Å². The van der Waals surface area contributed by atoms with Gasteiger partial charge in [-0.1, -0.05) is 6.07 Å². The molecule has 1 aromatic rings. The highest BCUT2D eigenvalue weighted by molar-refractivity contribution is 5.09. The van der Waals surface area contributed by atoms with Crippen molar-refractivity contribution in [2.45, 2.75) is 32.9 Å². The third kappa shape index (κ3) is 6.66. The Balaban J connectivity index is 2.26. The van der Waals surface area contributed by atoms with Gasteiger partial charge in [-0.3, -0.25) is 9.88 Å². The lowest BCUT2D eigenvalue weighted by Gasteiger charge is -2.24. The number of ether oxygens (including phenoxy) is 1. The first-order valence-corrected chi connectivity index (χ1v) is 6.96. The maximum Gasteiger partial charge on any atom is 0.0547 e. The zero-order valence-electron chi connectivity index (χ0n) is 12.6. The highest BCUT2D eigenvalue weighted by Gasteiger charge is 2.09. The van der Waals surface area contributed by atoms with Crippen molar-refractivity contribution in [3.05, 3.63) is 29.6 Å². The van der Waals surface area contributed by atoms with E-state index in [1.165, 1.54) is 0 Å². The van der Waals surface area contributed by atoms with Crippen LogP contribution in [0.15, 0.2) is 18.2 Å². The lowest BCUT2D eigenvalue weighted by Crippen LogP contribution is -2.38. The van der Waals surface area contributed by atoms with E-state index in [2.05, 4.69) is 41.3 Å². The molecule has 1 rings (SSSR count). The normalized spacial score (nSPS) is 12.9. The van der Waals surface area contributed by atoms with Crippen LogP contribution < -0.4 is 5.32 Å². The molecule has 0 bridgehead atoms. The molecule has 0 amide bonds. The Morgan fingerprint density at radius 1 is 1.42 bits per heavy atom. The molecule has 0 radical (unpaired) electrons. The molecule has 0 saturated heterocycles. The van der Waals surface area contributed by atoms with Crippen LogP contribution in [-0.4, -0.2) is 49.8 Å². The fourth-order valence-corrected chi connectivity index (χ4v) is 1.91. The third-order valence-electron chi connectivity index (χ3n) is 3.25. The van der Waals surface area contributed by atoms with Crippen LogP contribution in [0.2, 0.25) is 0 Å². The Hall–Kier alpha value is -0.970. The summed E-state index contributed by atoms with van der Waals surface area (Å²) in [5.41, 5.74) is 2.21. The summed E-state index contributed by atoms with van der Waals surface area (Å²) in [6.45, 7) is 7.98. The molecule has 4 heteroatoms. The molecule has 1 unspecified atom stereocenters. The first-order chi connectivity index (χ1) is 9.13. The van der Waals surface area contributed by atoms with Crippen LogP contribution in [0, 0.1) is 6.92 Å². The van der Waals surface area contributed by atoms with Crippen molar-refractivity contribution in [3.8, 4) is 0 Å². The Morgan fingerprint density at radius 3 is 2.89 bits per heavy atom. The lowest BCUT2D eigenvalue weighted by atomic mass is 10.2. The summed E-state index contributed by atoms with van der Waals surface area (Å²) in [6, 6.07) is 6.68. The highest BCUT2D eigenvalue weighted by Crippen LogP contribution is 2.04. The maximum absolute atomic E-state index is 5.03. The minimum Gasteiger partial charge on any atom is -0.385 e. The van der Waals surface area contributed by atoms with E-state index in [0.717, 1.165) is 44.0 Å². The lowest BCUT2D eigenvalue weighted by molar-refractivity contribution is 0.191. The van der Waals surface area contributed by atoms with E-state index in [9.17, 15) is 0 Å². The highest BCUT2D eigenvalue weighted by atomic mass is 16.5. The second-order valence-corrected chi connectivity index (χ2v) is 5.08. The van der Waals surface area contributed by atoms with Crippen LogP contribution >= 0.6 is 0 Å². The van der Waals surface area contributed by atoms with E-state index in [4.69, 9.17) is 4.74 Å². The van der Waals surface area contributed by atoms with E-state index in [0.29, 0.717) is 6.04 Å². The topological polar surface area (TPSA) is 37.4 Å². The van der Waals surface area contributed by atoms with Gasteiger partial charge in [0, 0.05) is 38.5 Å². The number of rotatable bonds is 9. The molecule has 108 valence electrons. The molecule has 0 aliphatic rings. The summed E-state index contributed by atoms with van der Waals surface area (Å²) in [7, 11) is 3.89. The maximum atomic E-state index is 5.03. The molecule has 19 heavy (non-hydrogen) atoms. The predicted octanol–water partition coefficient (Wildman–Crippen LogP) is 1.84. The van der Waals surface area contributed by atoms with Crippen LogP contribution in [-0.2, 0) is 11.3 Å². The Bertz CT molecular complexity index is 357. The number of nitrogens with one attached hydrogen (secondary N) is 1. The van der Waals surface area contributed by atoms with Crippen LogP contribution in [0.5, 0.6) is 0 Å². The average Bonchev–Trinajstić information content (AvgIpc) is 2.38. The number of aromatic nitrogens is 1. The van der Waals surface area contributed by atoms with Crippen molar-refractivity contribution in [1.82, 2.24) is 15.2 Å². The minimum absolute atomic E-state index is 0.491. The van der Waals surface area contributed by atoms with Gasteiger partial charge in [0.15, 0.2) is 0 Å². The molecule has 1 heterocycles. The van der Waals surface area contributed by atoms with Gasteiger partial charge < -0.3 is 10.1 Å². The Labute approximate surface area is 117 Å². The van der Waals surface area contributed by atoms with Crippen molar-refractivity contribution in [1.29, 1.82) is 0 Å². The van der Waals surface area contributed by atoms with Crippen molar-refractivity contribution < 1.29 is 4.74 Å². The van der Waals surface area contributed by atoms with Crippen molar-refractivity contribution in [2.75, 3.05) is 33.9 Å². The van der Waals surface area contributed by atoms with Crippen LogP contribution in [0.1, 0.15) is 24.7 Å². The number of nitrogens with zero attached hydrogens (tertiary/aromatic N) is 2. The zero-order chi connectivity index (χ0) is 14.1. The third-order valence-corrected chi connectivity index (χ3v) is 3.25. The second kappa shape index (κ2) is 9.02. The molecule has 0 fully saturated rings. The number of aryl methyl sites for hydroxylation is 1. The molecule has 0 spiro atoms. The van der Waals surface area contributed by atoms with Gasteiger partial charge in [-0.2, -0.15) is 0 Å². The SMILES string of the molecule is COCCCNCC(C)N(C)Cc1cccc(C)n1. The molecule has 0 aromatic carbocycles. The number of methoxy groups -OCH3 is 1. The number of pyridine rings is 1. The van der Waals surface area contributed by atoms with Gasteiger partial charge >= 0.3 is 0 Å². The molecule has 1 atom stereocenters. The zero-order valence-corrected chi connectivity index (χ0v) is 12.6. The Kier molecular flexibility index (Phi) is 7.63. The van der Waals surface area contributed by atoms with Gasteiger partial charge in [0.05, 0.1) is 5.69 Å². The van der Waals surface area contributed by atoms with E-state index in [-0.39, 0.29) is 0 Å². The fourth-order valence-electron chi connectivity index (χ4n) is 1.91. The number of likely N-dealkylation sites (N-methyl/N-ethyl adjacent to an activating group) is 1. The van der Waals surface area contributed by atoms with Crippen LogP contribution in [0.4, 0.5) is 0 Å². The summed E-state index contributed by atoms with van der Waals surface area (Å²) >= 11 is 0. The summed E-state index contributed by atoms with van der Waals surface area (Å²) in [4.78, 5) is 6.86. The van der Waals surface area contributed by atoms with Gasteiger partial charge in [-0.15, -0.1) is 0 Å². The van der Waals surface area contributed by atoms with Crippen molar-refractivity contribution >= 4 is 0 Å². The first-order valence-electron chi connectivity index (χ1n) is 6.96. The molecule has 1 N–H and O–H groups in total. The minimum atomic E-state index is 0.491. The molecular weight excluding hydrogens is 238 g/mol. The molecule has 4 nitrogen and oxygen atoms in total. The smallest absolute Gasteiger partial charge is 0.0547 e. The quantitative estimate of drug-likeness (QED) is 0.691. The molecule has 1 aromatic heterocycles. The van der Waals surface area contributed by atoms with Crippen LogP contribution in [0.3, 0.4) is 0 Å². The van der Waals surface area contributed by atoms with E-state index < -0.39 is 0 Å². The van der Waals surface area contributed by atoms with Crippen LogP contribution in [0.25, 0.3) is 0 Å². The standard InChI is InChI=1S/C15H27N3O/c1-13-7-5-8-15(17-13)12-18(3)14(2)11-16-9-6-10-19-4/h5,7-8,14,16H,6,9-12H2,1-4H3. The summed E-state index contributed by atoms with van der Waals surface area (Å²) < 4.78 is 5.03. The molecular formula is C15H27N3O. The fraction of sp³-hybridized carbons (Fsp3) is 0.667. The van der Waals surface area contributed by atoms with E-state index >= 15 is 0 Å². The summed E-state index contributed by atoms with van der Waals surface area (Å²) in [6.07, 6.45) is 1.06. The first kappa shape index (κ1) is 16.1. The second-order valence-electron chi connectivity index (χ2n) is 5.08. The van der Waals surface area contributed by atoms with Gasteiger partial charge in [0.2, 0.25) is 0 Å². The Morgan fingerprint density at radius 2 is 2.21 bits per heavy atom. The average molecular weight is 265 g/mol. The summed E-state index contributed by atoms with van der Waals surface area (Å²) in [5, 5.41) is 3.46. The van der Waals surface area contributed by atoms with E-state index in [1.807, 2.05) is 13.0 Å². The predicted molar refractivity (Wildman–Crippen MR) is 79.3 cm³/mol. The summed E-state index contributed by atoms with van der Waals surface area (Å²) in [5.74, 6) is 0. The number of hydrogen-bond acceptors (Lipinski definition) is 4. The monoisotopic (exact) mass is 265 g/mol. The molecule has 0 aliphatic heterocycles. The van der Waals surface area contributed by atoms with Crippen molar-refractivity contribution in [2.24, 2.45) is 0 Å². The van der Waals surface area contributed by atoms with Gasteiger partial charge in [0.25, 0.3) is 0 Å². The largest absolute Gasteiger partial charge is 0.385 e. The molecule has 0 saturated carbocycles. The van der Waals surface area contributed by atoms with E-state index in [1.54, 1.807) is 7.11 Å². The van der Waals surface area contributed by atoms with Gasteiger partial charge in [-0.25, -0.2) is 0 Å². The molecule has 0 aliphatic carbocycles. The van der Waals surface area contributed by atoms with Crippen molar-refractivity contribution in [3.63, 3.8) is 0 Å². The van der Waals surface area contributed by atoms with Gasteiger partial charge in [-0.05, 0) is 46.0 Å².